The van der Waals surface area contributed by atoms with E-state index in [0.29, 0.717) is 6.04 Å². The second-order valence-corrected chi connectivity index (χ2v) is 5.55. The fourth-order valence-electron chi connectivity index (χ4n) is 2.20. The van der Waals surface area contributed by atoms with Crippen LogP contribution in [0.5, 0.6) is 0 Å². The highest BCUT2D eigenvalue weighted by Gasteiger charge is 2.29. The second-order valence-electron chi connectivity index (χ2n) is 4.40. The Balaban J connectivity index is 2.14. The van der Waals surface area contributed by atoms with Gasteiger partial charge in [0, 0.05) is 42.4 Å². The number of thioether (sulfide) groups is 1. The zero-order valence-corrected chi connectivity index (χ0v) is 11.3. The van der Waals surface area contributed by atoms with Crippen LogP contribution in [-0.4, -0.2) is 45.8 Å². The van der Waals surface area contributed by atoms with Gasteiger partial charge < -0.3 is 0 Å². The van der Waals surface area contributed by atoms with Gasteiger partial charge in [-0.1, -0.05) is 0 Å². The lowest BCUT2D eigenvalue weighted by Gasteiger charge is -2.37. The van der Waals surface area contributed by atoms with Crippen molar-refractivity contribution in [1.29, 1.82) is 0 Å². The SMILES string of the molecule is CCn1cc(C(NN)C2CSCCN2C)cn1. The van der Waals surface area contributed by atoms with E-state index in [1.165, 1.54) is 11.3 Å². The average Bonchev–Trinajstić information content (AvgIpc) is 2.81. The smallest absolute Gasteiger partial charge is 0.0654 e. The maximum absolute atomic E-state index is 5.73. The molecule has 0 aromatic carbocycles. The van der Waals surface area contributed by atoms with Gasteiger partial charge in [-0.2, -0.15) is 16.9 Å². The lowest BCUT2D eigenvalue weighted by Crippen LogP contribution is -2.49. The first kappa shape index (κ1) is 12.9. The van der Waals surface area contributed by atoms with Gasteiger partial charge in [0.25, 0.3) is 0 Å². The maximum Gasteiger partial charge on any atom is 0.0654 e. The molecule has 96 valence electrons. The number of hydrogen-bond donors (Lipinski definition) is 2. The largest absolute Gasteiger partial charge is 0.300 e. The number of nitrogens with one attached hydrogen (secondary N) is 1. The van der Waals surface area contributed by atoms with Gasteiger partial charge in [-0.25, -0.2) is 0 Å². The van der Waals surface area contributed by atoms with Crippen LogP contribution in [0.3, 0.4) is 0 Å². The van der Waals surface area contributed by atoms with E-state index in [4.69, 9.17) is 5.84 Å². The summed E-state index contributed by atoms with van der Waals surface area (Å²) in [5, 5.41) is 4.32. The van der Waals surface area contributed by atoms with E-state index in [1.54, 1.807) is 0 Å². The van der Waals surface area contributed by atoms with Crippen molar-refractivity contribution in [3.8, 4) is 0 Å². The molecule has 1 aromatic heterocycles. The number of hydrazine groups is 1. The molecule has 0 amide bonds. The van der Waals surface area contributed by atoms with Crippen molar-refractivity contribution in [1.82, 2.24) is 20.1 Å². The first-order valence-electron chi connectivity index (χ1n) is 6.02. The molecular weight excluding hydrogens is 234 g/mol. The lowest BCUT2D eigenvalue weighted by atomic mass is 10.0. The minimum Gasteiger partial charge on any atom is -0.300 e. The van der Waals surface area contributed by atoms with E-state index >= 15 is 0 Å². The molecule has 0 radical (unpaired) electrons. The van der Waals surface area contributed by atoms with Crippen molar-refractivity contribution in [2.45, 2.75) is 25.6 Å². The molecule has 17 heavy (non-hydrogen) atoms. The van der Waals surface area contributed by atoms with Crippen LogP contribution in [0.15, 0.2) is 12.4 Å². The Morgan fingerprint density at radius 3 is 3.12 bits per heavy atom. The summed E-state index contributed by atoms with van der Waals surface area (Å²) in [5.41, 5.74) is 4.12. The third-order valence-corrected chi connectivity index (χ3v) is 4.39. The number of likely N-dealkylation sites (N-methyl/N-ethyl adjacent to an activating group) is 1. The Labute approximate surface area is 107 Å². The highest BCUT2D eigenvalue weighted by atomic mass is 32.2. The van der Waals surface area contributed by atoms with Crippen LogP contribution in [0.25, 0.3) is 0 Å². The Morgan fingerprint density at radius 1 is 1.71 bits per heavy atom. The van der Waals surface area contributed by atoms with E-state index in [1.807, 2.05) is 22.6 Å². The van der Waals surface area contributed by atoms with Gasteiger partial charge >= 0.3 is 0 Å². The van der Waals surface area contributed by atoms with E-state index in [2.05, 4.69) is 35.6 Å². The van der Waals surface area contributed by atoms with Crippen molar-refractivity contribution >= 4 is 11.8 Å². The molecule has 1 saturated heterocycles. The second kappa shape index (κ2) is 5.86. The molecule has 6 heteroatoms. The molecule has 1 aliphatic heterocycles. The molecule has 0 aliphatic carbocycles. The zero-order valence-electron chi connectivity index (χ0n) is 10.5. The summed E-state index contributed by atoms with van der Waals surface area (Å²) in [6, 6.07) is 0.598. The average molecular weight is 255 g/mol. The highest BCUT2D eigenvalue weighted by molar-refractivity contribution is 7.99. The Kier molecular flexibility index (Phi) is 4.44. The van der Waals surface area contributed by atoms with Crippen LogP contribution < -0.4 is 11.3 Å². The number of nitrogens with zero attached hydrogens (tertiary/aromatic N) is 3. The molecule has 2 atom stereocenters. The summed E-state index contributed by atoms with van der Waals surface area (Å²) >= 11 is 1.99. The van der Waals surface area contributed by atoms with E-state index in [0.717, 1.165) is 18.8 Å². The summed E-state index contributed by atoms with van der Waals surface area (Å²) in [7, 11) is 2.17. The molecule has 5 nitrogen and oxygen atoms in total. The van der Waals surface area contributed by atoms with Crippen LogP contribution in [0, 0.1) is 0 Å². The maximum atomic E-state index is 5.73. The molecule has 2 rings (SSSR count). The van der Waals surface area contributed by atoms with Gasteiger partial charge in [-0.05, 0) is 14.0 Å². The predicted molar refractivity (Wildman–Crippen MR) is 71.7 cm³/mol. The quantitative estimate of drug-likeness (QED) is 0.604. The molecule has 1 aliphatic rings. The van der Waals surface area contributed by atoms with Crippen LogP contribution in [0.2, 0.25) is 0 Å². The summed E-state index contributed by atoms with van der Waals surface area (Å²) in [5.74, 6) is 8.05. The topological polar surface area (TPSA) is 59.1 Å². The molecule has 0 bridgehead atoms. The lowest BCUT2D eigenvalue weighted by molar-refractivity contribution is 0.216. The zero-order chi connectivity index (χ0) is 12.3. The van der Waals surface area contributed by atoms with Crippen LogP contribution in [0.1, 0.15) is 18.5 Å². The van der Waals surface area contributed by atoms with Crippen LogP contribution in [0.4, 0.5) is 0 Å². The Morgan fingerprint density at radius 2 is 2.53 bits per heavy atom. The number of hydrogen-bond acceptors (Lipinski definition) is 5. The molecule has 0 saturated carbocycles. The summed E-state index contributed by atoms with van der Waals surface area (Å²) in [6.45, 7) is 4.10. The third kappa shape index (κ3) is 2.82. The monoisotopic (exact) mass is 255 g/mol. The van der Waals surface area contributed by atoms with Gasteiger partial charge in [-0.15, -0.1) is 0 Å². The van der Waals surface area contributed by atoms with Crippen molar-refractivity contribution in [2.75, 3.05) is 25.1 Å². The molecule has 2 unspecified atom stereocenters. The van der Waals surface area contributed by atoms with Gasteiger partial charge in [0.2, 0.25) is 0 Å². The van der Waals surface area contributed by atoms with Crippen LogP contribution in [-0.2, 0) is 6.54 Å². The van der Waals surface area contributed by atoms with Crippen molar-refractivity contribution < 1.29 is 0 Å². The van der Waals surface area contributed by atoms with Gasteiger partial charge in [0.1, 0.15) is 0 Å². The van der Waals surface area contributed by atoms with Gasteiger partial charge in [-0.3, -0.25) is 20.9 Å². The number of rotatable bonds is 4. The van der Waals surface area contributed by atoms with Crippen molar-refractivity contribution in [3.05, 3.63) is 18.0 Å². The summed E-state index contributed by atoms with van der Waals surface area (Å²) in [4.78, 5) is 2.38. The Bertz CT molecular complexity index is 353. The van der Waals surface area contributed by atoms with Gasteiger partial charge in [0.15, 0.2) is 0 Å². The first-order valence-corrected chi connectivity index (χ1v) is 7.18. The highest BCUT2D eigenvalue weighted by Crippen LogP contribution is 2.25. The molecule has 1 aromatic rings. The van der Waals surface area contributed by atoms with Gasteiger partial charge in [0.05, 0.1) is 12.2 Å². The fourth-order valence-corrected chi connectivity index (χ4v) is 3.47. The van der Waals surface area contributed by atoms with Crippen molar-refractivity contribution in [3.63, 3.8) is 0 Å². The molecule has 0 spiro atoms. The summed E-state index contributed by atoms with van der Waals surface area (Å²) in [6.07, 6.45) is 4.00. The van der Waals surface area contributed by atoms with E-state index in [9.17, 15) is 0 Å². The number of nitrogens with two attached hydrogens (primary N) is 1. The predicted octanol–water partition coefficient (Wildman–Crippen LogP) is 0.455. The van der Waals surface area contributed by atoms with E-state index in [-0.39, 0.29) is 6.04 Å². The fraction of sp³-hybridized carbons (Fsp3) is 0.727. The van der Waals surface area contributed by atoms with Crippen LogP contribution >= 0.6 is 11.8 Å². The minimum absolute atomic E-state index is 0.160. The van der Waals surface area contributed by atoms with E-state index < -0.39 is 0 Å². The molecule has 3 N–H and O–H groups in total. The standard InChI is InChI=1S/C11H21N5S/c1-3-16-7-9(6-13-16)11(14-12)10-8-17-5-4-15(10)2/h6-7,10-11,14H,3-5,8,12H2,1-2H3. The third-order valence-electron chi connectivity index (χ3n) is 3.34. The minimum atomic E-state index is 0.160. The number of aryl methyl sites for hydroxylation is 1. The molecular formula is C11H21N5S. The van der Waals surface area contributed by atoms with Crippen molar-refractivity contribution in [2.24, 2.45) is 5.84 Å². The normalized spacial score (nSPS) is 23.8. The molecule has 1 fully saturated rings. The molecule has 2 heterocycles. The number of aromatic nitrogens is 2. The Hall–Kier alpha value is -0.560. The first-order chi connectivity index (χ1) is 8.26. The summed E-state index contributed by atoms with van der Waals surface area (Å²) < 4.78 is 1.94.